The SMILES string of the molecule is CCCCCCC(CCCCCCCCCCCCC(C)O)S(=O)(=O)[O-].[K+]. The van der Waals surface area contributed by atoms with Gasteiger partial charge in [0.15, 0.2) is 0 Å². The minimum atomic E-state index is -4.14. The largest absolute Gasteiger partial charge is 1.00 e. The molecule has 0 aliphatic carbocycles. The molecule has 0 radical (unpaired) electrons. The van der Waals surface area contributed by atoms with Crippen molar-refractivity contribution in [2.75, 3.05) is 0 Å². The third-order valence-electron chi connectivity index (χ3n) is 5.19. The fourth-order valence-corrected chi connectivity index (χ4v) is 4.37. The van der Waals surface area contributed by atoms with E-state index in [1.54, 1.807) is 0 Å². The smallest absolute Gasteiger partial charge is 0.748 e. The van der Waals surface area contributed by atoms with Crippen molar-refractivity contribution < 1.29 is 69.5 Å². The van der Waals surface area contributed by atoms with Crippen LogP contribution in [0, 0.1) is 0 Å². The molecule has 0 spiro atoms. The van der Waals surface area contributed by atoms with E-state index in [-0.39, 0.29) is 57.5 Å². The first-order valence-corrected chi connectivity index (χ1v) is 12.5. The Morgan fingerprint density at radius 2 is 1.04 bits per heavy atom. The van der Waals surface area contributed by atoms with Crippen LogP contribution in [0.3, 0.4) is 0 Å². The Labute approximate surface area is 211 Å². The standard InChI is InChI=1S/C21H44O4S.K/c1-3-4-5-15-18-21(26(23,24)25)19-16-13-11-9-7-6-8-10-12-14-17-20(2)22;/h20-22H,3-19H2,1-2H3,(H,23,24,25);/q;+1/p-1. The molecule has 0 rings (SSSR count). The Hall–Kier alpha value is 1.51. The van der Waals surface area contributed by atoms with Gasteiger partial charge in [0.05, 0.1) is 16.2 Å². The number of rotatable bonds is 19. The first kappa shape index (κ1) is 30.7. The number of hydrogen-bond donors (Lipinski definition) is 1. The second-order valence-corrected chi connectivity index (χ2v) is 9.58. The maximum atomic E-state index is 11.4. The van der Waals surface area contributed by atoms with Crippen molar-refractivity contribution in [3.05, 3.63) is 0 Å². The van der Waals surface area contributed by atoms with Gasteiger partial charge in [-0.2, -0.15) is 0 Å². The number of hydrogen-bond acceptors (Lipinski definition) is 4. The van der Waals surface area contributed by atoms with E-state index in [4.69, 9.17) is 0 Å². The molecule has 1 N–H and O–H groups in total. The Balaban J connectivity index is 0. The van der Waals surface area contributed by atoms with E-state index >= 15 is 0 Å². The molecule has 0 bridgehead atoms. The van der Waals surface area contributed by atoms with Gasteiger partial charge in [0.25, 0.3) is 0 Å². The second kappa shape index (κ2) is 20.8. The van der Waals surface area contributed by atoms with Crippen molar-refractivity contribution in [2.45, 2.75) is 134 Å². The average Bonchev–Trinajstić information content (AvgIpc) is 2.56. The predicted octanol–water partition coefficient (Wildman–Crippen LogP) is 2.94. The Morgan fingerprint density at radius 1 is 0.704 bits per heavy atom. The number of aliphatic hydroxyl groups excluding tert-OH is 1. The molecular formula is C21H43KO4S. The second-order valence-electron chi connectivity index (χ2n) is 7.93. The summed E-state index contributed by atoms with van der Waals surface area (Å²) >= 11 is 0. The quantitative estimate of drug-likeness (QED) is 0.194. The molecular weight excluding hydrogens is 387 g/mol. The molecule has 0 aromatic rings. The maximum Gasteiger partial charge on any atom is 1.00 e. The van der Waals surface area contributed by atoms with Crippen LogP contribution in [0.4, 0.5) is 0 Å². The van der Waals surface area contributed by atoms with Gasteiger partial charge in [-0.25, -0.2) is 8.42 Å². The van der Waals surface area contributed by atoms with E-state index in [9.17, 15) is 18.1 Å². The van der Waals surface area contributed by atoms with Crippen LogP contribution in [-0.4, -0.2) is 29.4 Å². The van der Waals surface area contributed by atoms with Crippen LogP contribution in [0.15, 0.2) is 0 Å². The molecule has 0 saturated carbocycles. The molecule has 0 saturated heterocycles. The first-order valence-electron chi connectivity index (χ1n) is 11.0. The van der Waals surface area contributed by atoms with Crippen molar-refractivity contribution in [1.82, 2.24) is 0 Å². The van der Waals surface area contributed by atoms with E-state index in [1.165, 1.54) is 38.5 Å². The van der Waals surface area contributed by atoms with Gasteiger partial charge in [-0.1, -0.05) is 96.8 Å². The summed E-state index contributed by atoms with van der Waals surface area (Å²) in [4.78, 5) is 0. The van der Waals surface area contributed by atoms with Crippen LogP contribution >= 0.6 is 0 Å². The normalized spacial score (nSPS) is 13.9. The fraction of sp³-hybridized carbons (Fsp3) is 1.00. The van der Waals surface area contributed by atoms with Gasteiger partial charge < -0.3 is 9.66 Å². The van der Waals surface area contributed by atoms with Crippen LogP contribution < -0.4 is 51.4 Å². The van der Waals surface area contributed by atoms with Crippen molar-refractivity contribution in [3.8, 4) is 0 Å². The summed E-state index contributed by atoms with van der Waals surface area (Å²) < 4.78 is 34.1. The zero-order valence-electron chi connectivity index (χ0n) is 18.3. The van der Waals surface area contributed by atoms with Gasteiger partial charge in [-0.15, -0.1) is 0 Å². The Bertz CT molecular complexity index is 399. The fourth-order valence-electron chi connectivity index (χ4n) is 3.46. The van der Waals surface area contributed by atoms with Crippen molar-refractivity contribution in [3.63, 3.8) is 0 Å². The van der Waals surface area contributed by atoms with E-state index in [0.29, 0.717) is 12.8 Å². The molecule has 27 heavy (non-hydrogen) atoms. The maximum absolute atomic E-state index is 11.4. The molecule has 0 aromatic carbocycles. The van der Waals surface area contributed by atoms with Gasteiger partial charge in [0.2, 0.25) is 0 Å². The van der Waals surface area contributed by atoms with E-state index in [2.05, 4.69) is 6.92 Å². The number of unbranched alkanes of at least 4 members (excludes halogenated alkanes) is 12. The Kier molecular flexibility index (Phi) is 23.6. The molecule has 0 fully saturated rings. The van der Waals surface area contributed by atoms with Crippen molar-refractivity contribution in [1.29, 1.82) is 0 Å². The van der Waals surface area contributed by atoms with Gasteiger partial charge in [-0.3, -0.25) is 0 Å². The molecule has 0 aliphatic rings. The molecule has 0 aliphatic heterocycles. The minimum absolute atomic E-state index is 0. The van der Waals surface area contributed by atoms with Gasteiger partial charge >= 0.3 is 51.4 Å². The van der Waals surface area contributed by atoms with Crippen molar-refractivity contribution in [2.24, 2.45) is 0 Å². The summed E-state index contributed by atoms with van der Waals surface area (Å²) in [5.74, 6) is 0. The molecule has 6 heteroatoms. The van der Waals surface area contributed by atoms with Crippen molar-refractivity contribution >= 4 is 10.1 Å². The summed E-state index contributed by atoms with van der Waals surface area (Å²) in [6, 6.07) is 0. The summed E-state index contributed by atoms with van der Waals surface area (Å²) in [5.41, 5.74) is 0. The molecule has 4 nitrogen and oxygen atoms in total. The zero-order valence-corrected chi connectivity index (χ0v) is 22.2. The monoisotopic (exact) mass is 430 g/mol. The molecule has 158 valence electrons. The molecule has 0 amide bonds. The van der Waals surface area contributed by atoms with Crippen LogP contribution in [0.5, 0.6) is 0 Å². The van der Waals surface area contributed by atoms with Gasteiger partial charge in [0.1, 0.15) is 0 Å². The third kappa shape index (κ3) is 22.0. The molecule has 2 atom stereocenters. The summed E-state index contributed by atoms with van der Waals surface area (Å²) in [6.07, 6.45) is 17.6. The summed E-state index contributed by atoms with van der Waals surface area (Å²) in [6.45, 7) is 3.97. The summed E-state index contributed by atoms with van der Waals surface area (Å²) in [7, 11) is -4.14. The van der Waals surface area contributed by atoms with Crippen LogP contribution in [0.1, 0.15) is 123 Å². The van der Waals surface area contributed by atoms with Crippen LogP contribution in [0.25, 0.3) is 0 Å². The van der Waals surface area contributed by atoms with E-state index in [0.717, 1.165) is 57.8 Å². The first-order chi connectivity index (χ1) is 12.4. The molecule has 0 aromatic heterocycles. The van der Waals surface area contributed by atoms with Crippen LogP contribution in [0.2, 0.25) is 0 Å². The topological polar surface area (TPSA) is 77.4 Å². The van der Waals surface area contributed by atoms with E-state index < -0.39 is 15.4 Å². The van der Waals surface area contributed by atoms with Crippen LogP contribution in [-0.2, 0) is 10.1 Å². The predicted molar refractivity (Wildman–Crippen MR) is 109 cm³/mol. The zero-order chi connectivity index (χ0) is 19.7. The average molecular weight is 431 g/mol. The summed E-state index contributed by atoms with van der Waals surface area (Å²) in [5, 5.41) is 8.52. The third-order valence-corrected chi connectivity index (χ3v) is 6.47. The Morgan fingerprint density at radius 3 is 1.37 bits per heavy atom. The minimum Gasteiger partial charge on any atom is -0.748 e. The molecule has 2 unspecified atom stereocenters. The number of aliphatic hydroxyl groups is 1. The van der Waals surface area contributed by atoms with Gasteiger partial charge in [0, 0.05) is 5.25 Å². The molecule has 0 heterocycles. The van der Waals surface area contributed by atoms with E-state index in [1.807, 2.05) is 6.92 Å². The van der Waals surface area contributed by atoms with Gasteiger partial charge in [-0.05, 0) is 26.2 Å².